The van der Waals surface area contributed by atoms with Crippen LogP contribution in [0.4, 0.5) is 5.69 Å². The second-order valence-electron chi connectivity index (χ2n) is 11.9. The Kier molecular flexibility index (Phi) is 8.95. The van der Waals surface area contributed by atoms with Crippen LogP contribution in [0.1, 0.15) is 68.1 Å². The summed E-state index contributed by atoms with van der Waals surface area (Å²) in [6.07, 6.45) is 9.76. The lowest BCUT2D eigenvalue weighted by Gasteiger charge is -2.41. The summed E-state index contributed by atoms with van der Waals surface area (Å²) < 4.78 is 6.40. The third-order valence-corrected chi connectivity index (χ3v) is 9.41. The Labute approximate surface area is 247 Å². The van der Waals surface area contributed by atoms with E-state index in [1.165, 1.54) is 22.4 Å². The SMILES string of the molecule is CCCc1cc(Cl)ccc1[C@@H]1COc2ccc3cc2N(CC2CCC2C/C=C\CCN(C)C(=O)C[C@@]3(O)C(=O)O)C1. The molecule has 2 aromatic carbocycles. The van der Waals surface area contributed by atoms with E-state index in [4.69, 9.17) is 16.3 Å². The summed E-state index contributed by atoms with van der Waals surface area (Å²) in [5.74, 6) is -0.0226. The van der Waals surface area contributed by atoms with Crippen molar-refractivity contribution in [3.05, 3.63) is 70.3 Å². The number of nitrogens with zero attached hydrogens (tertiary/aromatic N) is 2. The fourth-order valence-electron chi connectivity index (χ4n) is 6.48. The quantitative estimate of drug-likeness (QED) is 0.446. The number of hydrogen-bond acceptors (Lipinski definition) is 5. The van der Waals surface area contributed by atoms with Gasteiger partial charge in [0.15, 0.2) is 5.60 Å². The van der Waals surface area contributed by atoms with E-state index in [0.29, 0.717) is 43.7 Å². The molecule has 2 heterocycles. The molecule has 1 aliphatic carbocycles. The summed E-state index contributed by atoms with van der Waals surface area (Å²) in [6.45, 7) is 4.62. The van der Waals surface area contributed by atoms with Crippen LogP contribution in [-0.2, 0) is 21.6 Å². The molecule has 220 valence electrons. The molecule has 0 radical (unpaired) electrons. The zero-order valence-corrected chi connectivity index (χ0v) is 24.8. The lowest BCUT2D eigenvalue weighted by Crippen LogP contribution is -2.42. The molecule has 5 rings (SSSR count). The molecule has 0 aromatic heterocycles. The molecule has 2 aliphatic heterocycles. The highest BCUT2D eigenvalue weighted by Gasteiger charge is 2.42. The van der Waals surface area contributed by atoms with Gasteiger partial charge in [-0.15, -0.1) is 0 Å². The minimum atomic E-state index is -2.35. The first-order valence-electron chi connectivity index (χ1n) is 14.8. The van der Waals surface area contributed by atoms with E-state index in [9.17, 15) is 19.8 Å². The minimum Gasteiger partial charge on any atom is -0.491 e. The van der Waals surface area contributed by atoms with Crippen molar-refractivity contribution in [3.63, 3.8) is 0 Å². The average Bonchev–Trinajstić information content (AvgIpc) is 3.11. The molecule has 8 heteroatoms. The maximum Gasteiger partial charge on any atom is 0.340 e. The number of carboxylic acids is 1. The third-order valence-electron chi connectivity index (χ3n) is 9.18. The van der Waals surface area contributed by atoms with Gasteiger partial charge in [0.05, 0.1) is 18.7 Å². The Balaban J connectivity index is 1.57. The first kappa shape index (κ1) is 29.5. The second-order valence-corrected chi connectivity index (χ2v) is 12.4. The molecule has 1 fully saturated rings. The molecule has 2 aromatic rings. The Morgan fingerprint density at radius 1 is 1.12 bits per heavy atom. The van der Waals surface area contributed by atoms with Gasteiger partial charge in [0.1, 0.15) is 5.75 Å². The van der Waals surface area contributed by atoms with Gasteiger partial charge >= 0.3 is 5.97 Å². The van der Waals surface area contributed by atoms with Crippen molar-refractivity contribution in [1.29, 1.82) is 0 Å². The van der Waals surface area contributed by atoms with E-state index in [-0.39, 0.29) is 11.5 Å². The molecule has 7 nitrogen and oxygen atoms in total. The zero-order valence-electron chi connectivity index (χ0n) is 24.0. The van der Waals surface area contributed by atoms with E-state index in [0.717, 1.165) is 42.9 Å². The van der Waals surface area contributed by atoms with E-state index in [1.54, 1.807) is 25.2 Å². The van der Waals surface area contributed by atoms with Crippen molar-refractivity contribution in [2.45, 2.75) is 63.4 Å². The topological polar surface area (TPSA) is 90.3 Å². The Hall–Kier alpha value is -3.03. The van der Waals surface area contributed by atoms with Crippen LogP contribution in [0.15, 0.2) is 48.6 Å². The minimum absolute atomic E-state index is 0.0854. The summed E-state index contributed by atoms with van der Waals surface area (Å²) in [6, 6.07) is 11.2. The fourth-order valence-corrected chi connectivity index (χ4v) is 6.67. The highest BCUT2D eigenvalue weighted by atomic mass is 35.5. The predicted molar refractivity (Wildman–Crippen MR) is 161 cm³/mol. The first-order valence-corrected chi connectivity index (χ1v) is 15.2. The monoisotopic (exact) mass is 580 g/mol. The number of benzene rings is 2. The molecule has 2 unspecified atom stereocenters. The van der Waals surface area contributed by atoms with Gasteiger partial charge in [0.25, 0.3) is 0 Å². The number of anilines is 1. The van der Waals surface area contributed by atoms with Crippen LogP contribution < -0.4 is 9.64 Å². The number of hydrogen-bond donors (Lipinski definition) is 2. The third kappa shape index (κ3) is 6.26. The lowest BCUT2D eigenvalue weighted by atomic mass is 9.71. The summed E-state index contributed by atoms with van der Waals surface area (Å²) >= 11 is 6.38. The molecule has 4 atom stereocenters. The van der Waals surface area contributed by atoms with Gasteiger partial charge in [-0.2, -0.15) is 0 Å². The van der Waals surface area contributed by atoms with Gasteiger partial charge in [0, 0.05) is 37.6 Å². The number of aryl methyl sites for hydroxylation is 1. The average molecular weight is 581 g/mol. The Morgan fingerprint density at radius 2 is 1.93 bits per heavy atom. The van der Waals surface area contributed by atoms with Crippen molar-refractivity contribution >= 4 is 29.2 Å². The predicted octanol–water partition coefficient (Wildman–Crippen LogP) is 5.77. The number of ether oxygens (including phenoxy) is 1. The first-order chi connectivity index (χ1) is 19.7. The van der Waals surface area contributed by atoms with Crippen LogP contribution in [-0.4, -0.2) is 60.3 Å². The van der Waals surface area contributed by atoms with E-state index < -0.39 is 23.9 Å². The number of carbonyl (C=O) groups excluding carboxylic acids is 1. The maximum absolute atomic E-state index is 13.0. The normalized spacial score (nSPS) is 27.7. The standard InChI is InChI=1S/C33H41ClN2O5/c1-3-7-23-16-27(34)12-13-28(23)25-20-36-19-24-10-9-22(24)8-5-4-6-15-35(2)31(37)18-33(40,32(38)39)26-11-14-30(41-21-25)29(36)17-26/h4-5,11-14,16-17,22,24-25,40H,3,6-10,15,18-21H2,1-2H3,(H,38,39)/b5-4-/t22?,24?,25-,33-/m0/s1. The van der Waals surface area contributed by atoms with Crippen LogP contribution >= 0.6 is 11.6 Å². The number of carboxylic acid groups (broad SMARTS) is 1. The van der Waals surface area contributed by atoms with E-state index in [1.807, 2.05) is 6.07 Å². The molecule has 41 heavy (non-hydrogen) atoms. The van der Waals surface area contributed by atoms with Crippen LogP contribution in [0.2, 0.25) is 5.02 Å². The number of fused-ring (bicyclic) bond motifs is 2. The van der Waals surface area contributed by atoms with Gasteiger partial charge in [-0.3, -0.25) is 4.79 Å². The molecule has 1 amide bonds. The molecular weight excluding hydrogens is 540 g/mol. The zero-order chi connectivity index (χ0) is 29.1. The molecule has 0 saturated heterocycles. The summed E-state index contributed by atoms with van der Waals surface area (Å²) in [5, 5.41) is 22.4. The number of amides is 1. The Bertz CT molecular complexity index is 1310. The van der Waals surface area contributed by atoms with Gasteiger partial charge < -0.3 is 24.7 Å². The van der Waals surface area contributed by atoms with Crippen molar-refractivity contribution in [1.82, 2.24) is 4.90 Å². The molecule has 2 bridgehead atoms. The van der Waals surface area contributed by atoms with Crippen LogP contribution in [0.25, 0.3) is 0 Å². The van der Waals surface area contributed by atoms with Gasteiger partial charge in [0.2, 0.25) is 5.91 Å². The number of allylic oxidation sites excluding steroid dienone is 1. The molecule has 0 spiro atoms. The molecule has 1 saturated carbocycles. The number of aliphatic hydroxyl groups is 1. The largest absolute Gasteiger partial charge is 0.491 e. The highest BCUT2D eigenvalue weighted by molar-refractivity contribution is 6.30. The van der Waals surface area contributed by atoms with Crippen LogP contribution in [0.3, 0.4) is 0 Å². The summed E-state index contributed by atoms with van der Waals surface area (Å²) in [7, 11) is 1.65. The second kappa shape index (κ2) is 12.5. The number of rotatable bonds is 4. The van der Waals surface area contributed by atoms with E-state index >= 15 is 0 Å². The number of halogens is 1. The number of aliphatic carboxylic acids is 1. The van der Waals surface area contributed by atoms with Gasteiger partial charge in [-0.1, -0.05) is 49.2 Å². The van der Waals surface area contributed by atoms with Crippen LogP contribution in [0, 0.1) is 11.8 Å². The Morgan fingerprint density at radius 3 is 2.66 bits per heavy atom. The smallest absolute Gasteiger partial charge is 0.340 e. The maximum atomic E-state index is 13.0. The molecule has 3 aliphatic rings. The van der Waals surface area contributed by atoms with Gasteiger partial charge in [-0.25, -0.2) is 4.79 Å². The van der Waals surface area contributed by atoms with E-state index in [2.05, 4.69) is 36.1 Å². The molecule has 2 N–H and O–H groups in total. The van der Waals surface area contributed by atoms with Crippen molar-refractivity contribution in [2.75, 3.05) is 38.2 Å². The number of carbonyl (C=O) groups is 2. The van der Waals surface area contributed by atoms with Gasteiger partial charge in [-0.05, 0) is 84.9 Å². The summed E-state index contributed by atoms with van der Waals surface area (Å²) in [5.41, 5.74) is 1.05. The highest BCUT2D eigenvalue weighted by Crippen LogP contribution is 2.43. The summed E-state index contributed by atoms with van der Waals surface area (Å²) in [4.78, 5) is 29.3. The lowest BCUT2D eigenvalue weighted by molar-refractivity contribution is -0.164. The van der Waals surface area contributed by atoms with Crippen molar-refractivity contribution < 1.29 is 24.5 Å². The molecular formula is C33H41ClN2O5. The van der Waals surface area contributed by atoms with Crippen LogP contribution in [0.5, 0.6) is 5.75 Å². The fraction of sp³-hybridized carbons (Fsp3) is 0.515. The van der Waals surface area contributed by atoms with Crippen molar-refractivity contribution in [3.8, 4) is 5.75 Å². The van der Waals surface area contributed by atoms with Crippen molar-refractivity contribution in [2.24, 2.45) is 11.8 Å².